The summed E-state index contributed by atoms with van der Waals surface area (Å²) in [4.78, 5) is 11.5. The van der Waals surface area contributed by atoms with Gasteiger partial charge in [-0.2, -0.15) is 0 Å². The van der Waals surface area contributed by atoms with Crippen molar-refractivity contribution in [1.82, 2.24) is 0 Å². The third-order valence-corrected chi connectivity index (χ3v) is 7.79. The number of aliphatic carboxylic acids is 1. The molecule has 0 radical (unpaired) electrons. The van der Waals surface area contributed by atoms with Crippen LogP contribution in [0.4, 0.5) is 0 Å². The van der Waals surface area contributed by atoms with E-state index in [-0.39, 0.29) is 19.8 Å². The van der Waals surface area contributed by atoms with Gasteiger partial charge in [-0.05, 0) is 0 Å². The molecule has 22 heavy (non-hydrogen) atoms. The van der Waals surface area contributed by atoms with Crippen molar-refractivity contribution in [3.63, 3.8) is 0 Å². The summed E-state index contributed by atoms with van der Waals surface area (Å²) in [6, 6.07) is 10.1. The van der Waals surface area contributed by atoms with E-state index in [1.807, 2.05) is 25.1 Å². The van der Waals surface area contributed by atoms with Gasteiger partial charge >= 0.3 is 138 Å². The van der Waals surface area contributed by atoms with E-state index in [0.29, 0.717) is 12.3 Å². The van der Waals surface area contributed by atoms with Gasteiger partial charge in [0.2, 0.25) is 0 Å². The number of benzene rings is 1. The fourth-order valence-electron chi connectivity index (χ4n) is 3.12. The fourth-order valence-corrected chi connectivity index (χ4v) is 6.26. The average Bonchev–Trinajstić information content (AvgIpc) is 2.49. The third kappa shape index (κ3) is 3.62. The van der Waals surface area contributed by atoms with Crippen molar-refractivity contribution in [1.29, 1.82) is 0 Å². The Balaban J connectivity index is 2.27. The molecule has 2 N–H and O–H groups in total. The second-order valence-corrected chi connectivity index (χ2v) is 8.97. The summed E-state index contributed by atoms with van der Waals surface area (Å²) in [7, 11) is 0. The monoisotopic (exact) mass is 368 g/mol. The van der Waals surface area contributed by atoms with E-state index in [1.165, 1.54) is 4.46 Å². The molecule has 0 saturated heterocycles. The van der Waals surface area contributed by atoms with Crippen molar-refractivity contribution < 1.29 is 15.0 Å². The standard InChI is InChI=1S/C18H24O3Se/c1-12(2)14-9-10-18(21,13(3)17(19)20)16(11-14)22-15-7-5-4-6-8-15/h4-8,13-14,16,21H,1,9-11H2,2-3H3,(H,19,20)/t13?,14-,16-,18+/m0/s1. The topological polar surface area (TPSA) is 57.5 Å². The molecule has 0 heterocycles. The van der Waals surface area contributed by atoms with E-state index >= 15 is 0 Å². The van der Waals surface area contributed by atoms with E-state index in [2.05, 4.69) is 18.7 Å². The number of carboxylic acids is 1. The Kier molecular flexibility index (Phi) is 5.49. The van der Waals surface area contributed by atoms with Gasteiger partial charge in [0.1, 0.15) is 0 Å². The number of hydrogen-bond acceptors (Lipinski definition) is 2. The molecule has 1 aromatic carbocycles. The van der Waals surface area contributed by atoms with Crippen LogP contribution in [0.5, 0.6) is 0 Å². The molecule has 1 aliphatic carbocycles. The van der Waals surface area contributed by atoms with Crippen molar-refractivity contribution in [2.75, 3.05) is 0 Å². The Hall–Kier alpha value is -1.09. The third-order valence-electron chi connectivity index (χ3n) is 4.79. The van der Waals surface area contributed by atoms with Crippen LogP contribution in [0, 0.1) is 11.8 Å². The molecule has 4 heteroatoms. The zero-order chi connectivity index (χ0) is 16.3. The number of rotatable bonds is 5. The molecule has 1 fully saturated rings. The summed E-state index contributed by atoms with van der Waals surface area (Å²) in [5.74, 6) is -1.27. The van der Waals surface area contributed by atoms with Crippen LogP contribution in [-0.2, 0) is 4.79 Å². The number of carboxylic acid groups (broad SMARTS) is 1. The second-order valence-electron chi connectivity index (χ2n) is 6.29. The molecule has 2 rings (SSSR count). The molecule has 0 spiro atoms. The molecule has 0 amide bonds. The fraction of sp³-hybridized carbons (Fsp3) is 0.500. The van der Waals surface area contributed by atoms with E-state index < -0.39 is 17.5 Å². The molecule has 0 aliphatic heterocycles. The molecule has 1 saturated carbocycles. The second kappa shape index (κ2) is 6.99. The summed E-state index contributed by atoms with van der Waals surface area (Å²) in [6.45, 7) is 7.72. The van der Waals surface area contributed by atoms with E-state index in [9.17, 15) is 15.0 Å². The Labute approximate surface area is 138 Å². The first kappa shape index (κ1) is 17.3. The number of hydrogen-bond donors (Lipinski definition) is 2. The van der Waals surface area contributed by atoms with Crippen molar-refractivity contribution >= 4 is 25.4 Å². The molecule has 1 aliphatic rings. The van der Waals surface area contributed by atoms with E-state index in [0.717, 1.165) is 18.4 Å². The summed E-state index contributed by atoms with van der Waals surface area (Å²) < 4.78 is 1.21. The number of allylic oxidation sites excluding steroid dienone is 1. The molecular formula is C18H24O3Se. The van der Waals surface area contributed by atoms with Crippen molar-refractivity contribution in [3.05, 3.63) is 42.5 Å². The summed E-state index contributed by atoms with van der Waals surface area (Å²) >= 11 is 0.0494. The van der Waals surface area contributed by atoms with Gasteiger partial charge in [-0.15, -0.1) is 0 Å². The van der Waals surface area contributed by atoms with Crippen LogP contribution in [0.15, 0.2) is 42.5 Å². The molecule has 1 unspecified atom stereocenters. The first-order valence-electron chi connectivity index (χ1n) is 7.67. The minimum atomic E-state index is -1.12. The van der Waals surface area contributed by atoms with E-state index in [4.69, 9.17) is 0 Å². The zero-order valence-corrected chi connectivity index (χ0v) is 14.9. The van der Waals surface area contributed by atoms with Gasteiger partial charge in [0.05, 0.1) is 0 Å². The van der Waals surface area contributed by atoms with Crippen LogP contribution in [-0.4, -0.2) is 36.7 Å². The van der Waals surface area contributed by atoms with Gasteiger partial charge in [-0.3, -0.25) is 0 Å². The first-order chi connectivity index (χ1) is 10.3. The number of aliphatic hydroxyl groups is 1. The van der Waals surface area contributed by atoms with Gasteiger partial charge in [0.15, 0.2) is 0 Å². The van der Waals surface area contributed by atoms with Gasteiger partial charge in [0, 0.05) is 0 Å². The maximum atomic E-state index is 11.4. The van der Waals surface area contributed by atoms with Gasteiger partial charge < -0.3 is 0 Å². The summed E-state index contributed by atoms with van der Waals surface area (Å²) in [5.41, 5.74) is 0.0204. The molecular weight excluding hydrogens is 343 g/mol. The predicted octanol–water partition coefficient (Wildman–Crippen LogP) is 2.63. The molecule has 0 bridgehead atoms. The summed E-state index contributed by atoms with van der Waals surface area (Å²) in [6.07, 6.45) is 2.19. The Morgan fingerprint density at radius 1 is 1.41 bits per heavy atom. The quantitative estimate of drug-likeness (QED) is 0.621. The van der Waals surface area contributed by atoms with Crippen molar-refractivity contribution in [3.8, 4) is 0 Å². The van der Waals surface area contributed by atoms with Gasteiger partial charge in [-0.1, -0.05) is 0 Å². The molecule has 3 nitrogen and oxygen atoms in total. The Morgan fingerprint density at radius 3 is 2.59 bits per heavy atom. The SMILES string of the molecule is C=C(C)[C@H]1CC[C@@](O)(C(C)C(=O)O)[C@@H]([Se]c2ccccc2)C1. The van der Waals surface area contributed by atoms with Gasteiger partial charge in [0.25, 0.3) is 0 Å². The van der Waals surface area contributed by atoms with E-state index in [1.54, 1.807) is 6.92 Å². The van der Waals surface area contributed by atoms with Crippen LogP contribution in [0.25, 0.3) is 0 Å². The molecule has 1 aromatic rings. The summed E-state index contributed by atoms with van der Waals surface area (Å²) in [5, 5.41) is 20.5. The Morgan fingerprint density at radius 2 is 2.05 bits per heavy atom. The zero-order valence-electron chi connectivity index (χ0n) is 13.2. The van der Waals surface area contributed by atoms with Crippen LogP contribution in [0.1, 0.15) is 33.1 Å². The number of carbonyl (C=O) groups is 1. The van der Waals surface area contributed by atoms with Crippen LogP contribution >= 0.6 is 0 Å². The molecule has 120 valence electrons. The minimum absolute atomic E-state index is 0.00366. The first-order valence-corrected chi connectivity index (χ1v) is 9.51. The maximum absolute atomic E-state index is 11.4. The van der Waals surface area contributed by atoms with Crippen LogP contribution in [0.2, 0.25) is 4.82 Å². The molecule has 0 aromatic heterocycles. The van der Waals surface area contributed by atoms with Crippen LogP contribution in [0.3, 0.4) is 0 Å². The predicted molar refractivity (Wildman–Crippen MR) is 89.5 cm³/mol. The van der Waals surface area contributed by atoms with Crippen molar-refractivity contribution in [2.24, 2.45) is 11.8 Å². The van der Waals surface area contributed by atoms with Crippen molar-refractivity contribution in [2.45, 2.75) is 43.5 Å². The average molecular weight is 367 g/mol. The van der Waals surface area contributed by atoms with Gasteiger partial charge in [-0.25, -0.2) is 0 Å². The Bertz CT molecular complexity index is 543. The molecule has 4 atom stereocenters. The normalized spacial score (nSPS) is 29.8. The van der Waals surface area contributed by atoms with Crippen LogP contribution < -0.4 is 4.46 Å².